The minimum atomic E-state index is -2.03. The van der Waals surface area contributed by atoms with Gasteiger partial charge in [-0.25, -0.2) is 0 Å². The summed E-state index contributed by atoms with van der Waals surface area (Å²) in [5, 5.41) is 86.1. The molecule has 0 aliphatic heterocycles. The number of carbonyl (C=O) groups is 2. The normalized spacial score (nSPS) is 53.2. The molecule has 8 rings (SSSR count). The van der Waals surface area contributed by atoms with Crippen molar-refractivity contribution in [1.82, 2.24) is 0 Å². The molecule has 276 valence electrons. The van der Waals surface area contributed by atoms with Gasteiger partial charge in [0.1, 0.15) is 35.6 Å². The van der Waals surface area contributed by atoms with Crippen LogP contribution in [0.2, 0.25) is 0 Å². The zero-order valence-electron chi connectivity index (χ0n) is 30.5. The molecule has 16 atom stereocenters. The molecule has 10 nitrogen and oxygen atoms in total. The van der Waals surface area contributed by atoms with Crippen molar-refractivity contribution in [3.05, 3.63) is 46.6 Å². The summed E-state index contributed by atoms with van der Waals surface area (Å²) in [6.07, 6.45) is 2.68. The first-order chi connectivity index (χ1) is 23.1. The molecule has 50 heavy (non-hydrogen) atoms. The highest BCUT2D eigenvalue weighted by Gasteiger charge is 2.77. The average Bonchev–Trinajstić information content (AvgIpc) is 3.78. The van der Waals surface area contributed by atoms with Crippen molar-refractivity contribution < 1.29 is 50.4 Å². The molecule has 4 saturated carbocycles. The van der Waals surface area contributed by atoms with Crippen LogP contribution in [0, 0.1) is 69.0 Å². The molecule has 8 N–H and O–H groups in total. The molecule has 8 aliphatic carbocycles. The summed E-state index contributed by atoms with van der Waals surface area (Å²) in [6, 6.07) is 0. The maximum atomic E-state index is 13.7. The Bertz CT molecular complexity index is 1530. The zero-order chi connectivity index (χ0) is 37.0. The molecular formula is C40H56O10. The van der Waals surface area contributed by atoms with E-state index in [1.165, 1.54) is 0 Å². The molecule has 0 unspecified atom stereocenters. The highest BCUT2D eigenvalue weighted by atomic mass is 16.4. The molecule has 4 fully saturated rings. The molecule has 10 heteroatoms. The second-order valence-corrected chi connectivity index (χ2v) is 18.5. The van der Waals surface area contributed by atoms with Gasteiger partial charge >= 0.3 is 0 Å². The van der Waals surface area contributed by atoms with E-state index in [-0.39, 0.29) is 57.2 Å². The third kappa shape index (κ3) is 3.92. The summed E-state index contributed by atoms with van der Waals surface area (Å²) in [4.78, 5) is 27.5. The van der Waals surface area contributed by atoms with Gasteiger partial charge < -0.3 is 40.9 Å². The van der Waals surface area contributed by atoms with Gasteiger partial charge in [-0.1, -0.05) is 65.8 Å². The molecule has 0 amide bonds. The quantitative estimate of drug-likeness (QED) is 0.197. The maximum Gasteiger partial charge on any atom is 0.153 e. The molecule has 4 bridgehead atoms. The van der Waals surface area contributed by atoms with E-state index < -0.39 is 71.5 Å². The number of aliphatic hydroxyl groups excluding tert-OH is 6. The molecule has 0 aromatic rings. The molecule has 0 aromatic heterocycles. The van der Waals surface area contributed by atoms with E-state index in [1.54, 1.807) is 38.2 Å². The molecule has 8 aliphatic rings. The SMILES string of the molecule is CC1=C[C@]23C(=O)[C@@H](C=C(CO)[C@@H](O)[C@]2(O)[C@H]1O)[C@H]1[C@@H](C[C@H]3C)C1(C)C.CC1=C[C@]23C(=O)[C@@H](C=C(CO)[C@@H](O)[C@]2(O)[C@H]1O)[C@H]1[C@@H](C[C@H]3C)C1(C)C. The van der Waals surface area contributed by atoms with Crippen molar-refractivity contribution in [1.29, 1.82) is 0 Å². The van der Waals surface area contributed by atoms with Crippen LogP contribution in [-0.2, 0) is 9.59 Å². The molecule has 0 aromatic carbocycles. The number of hydrogen-bond acceptors (Lipinski definition) is 10. The van der Waals surface area contributed by atoms with Crippen molar-refractivity contribution >= 4 is 11.6 Å². The standard InChI is InChI=1S/2C20H28O5/c2*1-9-7-19-10(2)5-13-14(18(13,3)4)12(17(19)24)6-11(8-21)16(23)20(19,25)15(9)22/h2*6-7,10,12-16,21-23,25H,5,8H2,1-4H3/t2*10-,12+,13-,14+,15+,16-,19+,20-/m11/s1. The van der Waals surface area contributed by atoms with Crippen molar-refractivity contribution in [2.45, 2.75) is 104 Å². The lowest BCUT2D eigenvalue weighted by atomic mass is 9.59. The number of Topliss-reactive ketones (excluding diaryl/α,β-unsaturated/α-hetero) is 2. The van der Waals surface area contributed by atoms with Crippen molar-refractivity contribution in [3.8, 4) is 0 Å². The highest BCUT2D eigenvalue weighted by molar-refractivity contribution is 5.96. The lowest BCUT2D eigenvalue weighted by Gasteiger charge is -2.48. The van der Waals surface area contributed by atoms with Gasteiger partial charge in [0.05, 0.1) is 24.0 Å². The van der Waals surface area contributed by atoms with Crippen LogP contribution in [0.4, 0.5) is 0 Å². The first kappa shape index (κ1) is 36.3. The van der Waals surface area contributed by atoms with Crippen LogP contribution < -0.4 is 0 Å². The molecule has 0 saturated heterocycles. The predicted molar refractivity (Wildman–Crippen MR) is 183 cm³/mol. The van der Waals surface area contributed by atoms with Crippen LogP contribution in [0.1, 0.15) is 68.2 Å². The Balaban J connectivity index is 0.000000157. The number of aliphatic hydroxyl groups is 8. The summed E-state index contributed by atoms with van der Waals surface area (Å²) in [5.74, 6) is -0.576. The molecule has 2 spiro atoms. The van der Waals surface area contributed by atoms with Gasteiger partial charge in [-0.2, -0.15) is 0 Å². The lowest BCUT2D eigenvalue weighted by molar-refractivity contribution is -0.190. The van der Waals surface area contributed by atoms with Gasteiger partial charge in [-0.3, -0.25) is 9.59 Å². The minimum Gasteiger partial charge on any atom is -0.392 e. The van der Waals surface area contributed by atoms with Crippen molar-refractivity contribution in [3.63, 3.8) is 0 Å². The Hall–Kier alpha value is -2.02. The van der Waals surface area contributed by atoms with E-state index in [9.17, 15) is 50.4 Å². The Kier molecular flexibility index (Phi) is 7.84. The lowest BCUT2D eigenvalue weighted by Crippen LogP contribution is -2.65. The van der Waals surface area contributed by atoms with Crippen molar-refractivity contribution in [2.75, 3.05) is 13.2 Å². The Morgan fingerprint density at radius 3 is 1.24 bits per heavy atom. The van der Waals surface area contributed by atoms with E-state index in [0.29, 0.717) is 23.0 Å². The van der Waals surface area contributed by atoms with Crippen LogP contribution in [0.15, 0.2) is 46.6 Å². The van der Waals surface area contributed by atoms with Crippen LogP contribution in [0.25, 0.3) is 0 Å². The minimum absolute atomic E-state index is 0.0245. The van der Waals surface area contributed by atoms with Crippen LogP contribution in [0.3, 0.4) is 0 Å². The van der Waals surface area contributed by atoms with Gasteiger partial charge in [0.2, 0.25) is 0 Å². The third-order valence-electron chi connectivity index (χ3n) is 15.9. The fourth-order valence-electron chi connectivity index (χ4n) is 12.9. The van der Waals surface area contributed by atoms with Gasteiger partial charge in [0.25, 0.3) is 0 Å². The number of hydrogen-bond donors (Lipinski definition) is 8. The first-order valence-electron chi connectivity index (χ1n) is 18.4. The fourth-order valence-corrected chi connectivity index (χ4v) is 12.9. The van der Waals surface area contributed by atoms with E-state index in [0.717, 1.165) is 12.8 Å². The van der Waals surface area contributed by atoms with Gasteiger partial charge in [0.15, 0.2) is 11.6 Å². The van der Waals surface area contributed by atoms with E-state index in [1.807, 2.05) is 13.8 Å². The first-order valence-corrected chi connectivity index (χ1v) is 18.4. The molecular weight excluding hydrogens is 640 g/mol. The fraction of sp³-hybridized carbons (Fsp3) is 0.750. The summed E-state index contributed by atoms with van der Waals surface area (Å²) in [5.41, 5.74) is -5.16. The van der Waals surface area contributed by atoms with Gasteiger partial charge in [-0.05, 0) is 95.3 Å². The summed E-state index contributed by atoms with van der Waals surface area (Å²) < 4.78 is 0. The number of carbonyl (C=O) groups excluding carboxylic acids is 2. The predicted octanol–water partition coefficient (Wildman–Crippen LogP) is 1.63. The summed E-state index contributed by atoms with van der Waals surface area (Å²) in [6.45, 7) is 15.0. The maximum absolute atomic E-state index is 13.7. The largest absolute Gasteiger partial charge is 0.392 e. The van der Waals surface area contributed by atoms with E-state index >= 15 is 0 Å². The van der Waals surface area contributed by atoms with Crippen LogP contribution >= 0.6 is 0 Å². The monoisotopic (exact) mass is 696 g/mol. The van der Waals surface area contributed by atoms with Crippen LogP contribution in [0.5, 0.6) is 0 Å². The summed E-state index contributed by atoms with van der Waals surface area (Å²) >= 11 is 0. The van der Waals surface area contributed by atoms with Gasteiger partial charge in [0, 0.05) is 11.8 Å². The second-order valence-electron chi connectivity index (χ2n) is 18.5. The molecule has 0 heterocycles. The Morgan fingerprint density at radius 2 is 0.940 bits per heavy atom. The topological polar surface area (TPSA) is 196 Å². The van der Waals surface area contributed by atoms with Crippen LogP contribution in [-0.4, -0.2) is 101 Å². The zero-order valence-corrected chi connectivity index (χ0v) is 30.5. The second kappa shape index (κ2) is 10.8. The number of allylic oxidation sites excluding steroid dienone is 2. The summed E-state index contributed by atoms with van der Waals surface area (Å²) in [7, 11) is 0. The molecule has 0 radical (unpaired) electrons. The third-order valence-corrected chi connectivity index (χ3v) is 15.9. The Labute approximate surface area is 294 Å². The van der Waals surface area contributed by atoms with Crippen molar-refractivity contribution in [2.24, 2.45) is 69.0 Å². The van der Waals surface area contributed by atoms with E-state index in [2.05, 4.69) is 27.7 Å². The number of rotatable bonds is 2. The number of ketones is 2. The Morgan fingerprint density at radius 1 is 0.620 bits per heavy atom. The average molecular weight is 697 g/mol. The smallest absolute Gasteiger partial charge is 0.153 e. The number of fused-ring (bicyclic) bond motifs is 6. The van der Waals surface area contributed by atoms with Gasteiger partial charge in [-0.15, -0.1) is 0 Å². The van der Waals surface area contributed by atoms with E-state index in [4.69, 9.17) is 0 Å². The highest BCUT2D eigenvalue weighted by Crippen LogP contribution is 2.73.